The molecule has 1 aromatic heterocycles. The number of halogens is 1. The maximum Gasteiger partial charge on any atom is 0.255 e. The first-order valence-corrected chi connectivity index (χ1v) is 6.31. The first kappa shape index (κ1) is 14.0. The number of carbonyl (C=O) groups is 1. The number of nitrogen functional groups attached to an aromatic ring is 1. The third-order valence-corrected chi connectivity index (χ3v) is 3.14. The van der Waals surface area contributed by atoms with Gasteiger partial charge >= 0.3 is 0 Å². The van der Waals surface area contributed by atoms with Gasteiger partial charge in [0.1, 0.15) is 5.82 Å². The second-order valence-electron chi connectivity index (χ2n) is 4.64. The minimum absolute atomic E-state index is 0.191. The van der Waals surface area contributed by atoms with Gasteiger partial charge in [0.15, 0.2) is 0 Å². The average Bonchev–Trinajstić information content (AvgIpc) is 2.75. The number of benzene rings is 1. The van der Waals surface area contributed by atoms with Crippen LogP contribution in [0.3, 0.4) is 0 Å². The zero-order valence-electron chi connectivity index (χ0n) is 11.7. The lowest BCUT2D eigenvalue weighted by molar-refractivity contribution is 0.102. The van der Waals surface area contributed by atoms with Crippen LogP contribution in [0.25, 0.3) is 0 Å². The molecule has 1 aromatic carbocycles. The Hall–Kier alpha value is -2.37. The molecular formula is C14H17FN4O. The third-order valence-electron chi connectivity index (χ3n) is 3.14. The van der Waals surface area contributed by atoms with E-state index in [4.69, 9.17) is 5.73 Å². The van der Waals surface area contributed by atoms with Crippen LogP contribution in [0, 0.1) is 12.7 Å². The van der Waals surface area contributed by atoms with Crippen molar-refractivity contribution in [3.05, 3.63) is 41.0 Å². The van der Waals surface area contributed by atoms with Crippen LogP contribution in [0.4, 0.5) is 15.8 Å². The molecule has 0 spiro atoms. The van der Waals surface area contributed by atoms with Crippen molar-refractivity contribution in [3.8, 4) is 0 Å². The molecule has 1 amide bonds. The number of nitrogens with zero attached hydrogens (tertiary/aromatic N) is 2. The molecule has 0 atom stereocenters. The molecule has 6 heteroatoms. The lowest BCUT2D eigenvalue weighted by Crippen LogP contribution is -2.13. The second-order valence-corrected chi connectivity index (χ2v) is 4.64. The van der Waals surface area contributed by atoms with E-state index in [0.29, 0.717) is 17.7 Å². The van der Waals surface area contributed by atoms with Gasteiger partial charge in [-0.05, 0) is 25.5 Å². The van der Waals surface area contributed by atoms with Gasteiger partial charge in [-0.25, -0.2) is 4.39 Å². The Labute approximate surface area is 116 Å². The maximum absolute atomic E-state index is 13.6. The molecule has 0 unspecified atom stereocenters. The largest absolute Gasteiger partial charge is 0.398 e. The molecule has 0 bridgehead atoms. The predicted octanol–water partition coefficient (Wildman–Crippen LogP) is 2.26. The first-order valence-electron chi connectivity index (χ1n) is 6.31. The highest BCUT2D eigenvalue weighted by Crippen LogP contribution is 2.20. The fourth-order valence-corrected chi connectivity index (χ4v) is 1.93. The number of amides is 1. The van der Waals surface area contributed by atoms with Crippen LogP contribution < -0.4 is 11.1 Å². The number of anilines is 2. The van der Waals surface area contributed by atoms with E-state index in [1.165, 1.54) is 12.1 Å². The average molecular weight is 276 g/mol. The van der Waals surface area contributed by atoms with Crippen molar-refractivity contribution in [1.82, 2.24) is 9.78 Å². The van der Waals surface area contributed by atoms with Gasteiger partial charge in [-0.3, -0.25) is 9.48 Å². The summed E-state index contributed by atoms with van der Waals surface area (Å²) in [6.45, 7) is 3.52. The van der Waals surface area contributed by atoms with Crippen LogP contribution in [0.2, 0.25) is 0 Å². The van der Waals surface area contributed by atoms with Crippen molar-refractivity contribution in [2.24, 2.45) is 7.05 Å². The number of nitrogens with two attached hydrogens (primary N) is 1. The topological polar surface area (TPSA) is 72.9 Å². The molecule has 106 valence electrons. The van der Waals surface area contributed by atoms with Gasteiger partial charge < -0.3 is 11.1 Å². The highest BCUT2D eigenvalue weighted by molar-refractivity contribution is 6.05. The Kier molecular flexibility index (Phi) is 3.74. The highest BCUT2D eigenvalue weighted by atomic mass is 19.1. The van der Waals surface area contributed by atoms with Crippen molar-refractivity contribution in [2.75, 3.05) is 11.1 Å². The lowest BCUT2D eigenvalue weighted by Gasteiger charge is -2.07. The van der Waals surface area contributed by atoms with Crippen LogP contribution in [-0.2, 0) is 13.5 Å². The van der Waals surface area contributed by atoms with Crippen molar-refractivity contribution < 1.29 is 9.18 Å². The predicted molar refractivity (Wildman–Crippen MR) is 76.1 cm³/mol. The van der Waals surface area contributed by atoms with Crippen molar-refractivity contribution in [1.29, 1.82) is 0 Å². The number of carbonyl (C=O) groups excluding carboxylic acids is 1. The summed E-state index contributed by atoms with van der Waals surface area (Å²) in [4.78, 5) is 12.1. The van der Waals surface area contributed by atoms with E-state index < -0.39 is 11.7 Å². The van der Waals surface area contributed by atoms with E-state index in [0.717, 1.165) is 5.69 Å². The zero-order chi connectivity index (χ0) is 14.9. The molecule has 3 N–H and O–H groups in total. The molecule has 0 aliphatic carbocycles. The standard InChI is InChI=1S/C14H17FN4O/c1-4-12-13(7-19(3)18-12)17-14(20)9-5-10(15)8(2)11(16)6-9/h5-7H,4,16H2,1-3H3,(H,17,20). The van der Waals surface area contributed by atoms with Crippen LogP contribution in [0.1, 0.15) is 28.5 Å². The Morgan fingerprint density at radius 1 is 1.50 bits per heavy atom. The van der Waals surface area contributed by atoms with E-state index in [2.05, 4.69) is 10.4 Å². The minimum atomic E-state index is -0.489. The number of aromatic nitrogens is 2. The number of hydrogen-bond donors (Lipinski definition) is 2. The molecule has 0 aliphatic rings. The Morgan fingerprint density at radius 3 is 2.80 bits per heavy atom. The van der Waals surface area contributed by atoms with E-state index in [9.17, 15) is 9.18 Å². The molecule has 0 saturated heterocycles. The summed E-state index contributed by atoms with van der Waals surface area (Å²) in [5.41, 5.74) is 7.88. The molecule has 0 saturated carbocycles. The second kappa shape index (κ2) is 5.32. The fourth-order valence-electron chi connectivity index (χ4n) is 1.93. The van der Waals surface area contributed by atoms with Crippen molar-refractivity contribution >= 4 is 17.3 Å². The van der Waals surface area contributed by atoms with Crippen LogP contribution in [0.15, 0.2) is 18.3 Å². The van der Waals surface area contributed by atoms with E-state index in [1.54, 1.807) is 24.9 Å². The fraction of sp³-hybridized carbons (Fsp3) is 0.286. The summed E-state index contributed by atoms with van der Waals surface area (Å²) in [6, 6.07) is 2.65. The Morgan fingerprint density at radius 2 is 2.20 bits per heavy atom. The molecule has 5 nitrogen and oxygen atoms in total. The van der Waals surface area contributed by atoms with E-state index >= 15 is 0 Å². The summed E-state index contributed by atoms with van der Waals surface area (Å²) < 4.78 is 15.2. The maximum atomic E-state index is 13.6. The molecule has 2 rings (SSSR count). The van der Waals surface area contributed by atoms with E-state index in [-0.39, 0.29) is 11.3 Å². The molecular weight excluding hydrogens is 259 g/mol. The van der Waals surface area contributed by atoms with Gasteiger partial charge in [-0.1, -0.05) is 6.92 Å². The molecule has 20 heavy (non-hydrogen) atoms. The number of rotatable bonds is 3. The number of aryl methyl sites for hydroxylation is 2. The number of nitrogens with one attached hydrogen (secondary N) is 1. The van der Waals surface area contributed by atoms with Crippen LogP contribution in [0.5, 0.6) is 0 Å². The normalized spacial score (nSPS) is 10.6. The smallest absolute Gasteiger partial charge is 0.255 e. The van der Waals surface area contributed by atoms with E-state index in [1.807, 2.05) is 6.92 Å². The van der Waals surface area contributed by atoms with Gasteiger partial charge in [0.25, 0.3) is 5.91 Å². The van der Waals surface area contributed by atoms with Gasteiger partial charge in [0.05, 0.1) is 11.4 Å². The summed E-state index contributed by atoms with van der Waals surface area (Å²) in [7, 11) is 1.78. The van der Waals surface area contributed by atoms with Gasteiger partial charge in [-0.2, -0.15) is 5.10 Å². The quantitative estimate of drug-likeness (QED) is 0.845. The first-order chi connectivity index (χ1) is 9.42. The summed E-state index contributed by atoms with van der Waals surface area (Å²) in [6.07, 6.45) is 2.41. The van der Waals surface area contributed by atoms with Gasteiger partial charge in [0, 0.05) is 30.1 Å². The number of hydrogen-bond acceptors (Lipinski definition) is 3. The highest BCUT2D eigenvalue weighted by Gasteiger charge is 2.14. The zero-order valence-corrected chi connectivity index (χ0v) is 11.7. The Bertz CT molecular complexity index is 640. The monoisotopic (exact) mass is 276 g/mol. The van der Waals surface area contributed by atoms with Crippen LogP contribution >= 0.6 is 0 Å². The molecule has 2 aromatic rings. The summed E-state index contributed by atoms with van der Waals surface area (Å²) in [5, 5.41) is 6.96. The Balaban J connectivity index is 2.28. The molecule has 1 heterocycles. The summed E-state index contributed by atoms with van der Waals surface area (Å²) in [5.74, 6) is -0.893. The summed E-state index contributed by atoms with van der Waals surface area (Å²) >= 11 is 0. The SMILES string of the molecule is CCc1nn(C)cc1NC(=O)c1cc(N)c(C)c(F)c1. The molecule has 0 fully saturated rings. The molecule has 0 radical (unpaired) electrons. The lowest BCUT2D eigenvalue weighted by atomic mass is 10.1. The third kappa shape index (κ3) is 2.64. The van der Waals surface area contributed by atoms with Gasteiger partial charge in [0.2, 0.25) is 0 Å². The van der Waals surface area contributed by atoms with Gasteiger partial charge in [-0.15, -0.1) is 0 Å². The van der Waals surface area contributed by atoms with Crippen LogP contribution in [-0.4, -0.2) is 15.7 Å². The molecule has 0 aliphatic heterocycles. The van der Waals surface area contributed by atoms with Crippen molar-refractivity contribution in [3.63, 3.8) is 0 Å². The minimum Gasteiger partial charge on any atom is -0.398 e. The van der Waals surface area contributed by atoms with Crippen molar-refractivity contribution in [2.45, 2.75) is 20.3 Å².